The molecule has 1 fully saturated rings. The quantitative estimate of drug-likeness (QED) is 0.790. The first-order chi connectivity index (χ1) is 13.9. The fraction of sp³-hybridized carbons (Fsp3) is 0.375. The fourth-order valence-corrected chi connectivity index (χ4v) is 4.34. The van der Waals surface area contributed by atoms with Crippen LogP contribution in [0.3, 0.4) is 0 Å². The summed E-state index contributed by atoms with van der Waals surface area (Å²) in [6, 6.07) is 10.6. The topological polar surface area (TPSA) is 66.5 Å². The predicted octanol–water partition coefficient (Wildman–Crippen LogP) is 4.41. The van der Waals surface area contributed by atoms with Gasteiger partial charge in [0.1, 0.15) is 0 Å². The zero-order chi connectivity index (χ0) is 20.7. The number of imide groups is 1. The van der Waals surface area contributed by atoms with Gasteiger partial charge in [-0.15, -0.1) is 0 Å². The Hall–Kier alpha value is -2.95. The van der Waals surface area contributed by atoms with Gasteiger partial charge in [0.2, 0.25) is 0 Å². The summed E-state index contributed by atoms with van der Waals surface area (Å²) in [5.74, 6) is -0.451. The van der Waals surface area contributed by atoms with Gasteiger partial charge >= 0.3 is 0 Å². The minimum atomic E-state index is -0.376. The van der Waals surface area contributed by atoms with Crippen LogP contribution in [0.1, 0.15) is 74.8 Å². The van der Waals surface area contributed by atoms with E-state index in [1.165, 1.54) is 11.3 Å². The molecular weight excluding hydrogens is 364 g/mol. The summed E-state index contributed by atoms with van der Waals surface area (Å²) in [7, 11) is 0. The van der Waals surface area contributed by atoms with Crippen LogP contribution in [-0.2, 0) is 0 Å². The summed E-state index contributed by atoms with van der Waals surface area (Å²) in [4.78, 5) is 40.0. The molecule has 0 spiro atoms. The third-order valence-corrected chi connectivity index (χ3v) is 6.18. The molecule has 2 atom stereocenters. The maximum atomic E-state index is 13.1. The molecule has 2 aromatic rings. The molecule has 1 saturated carbocycles. The first-order valence-corrected chi connectivity index (χ1v) is 10.3. The normalized spacial score (nSPS) is 21.3. The zero-order valence-electron chi connectivity index (χ0n) is 17.1. The number of carbonyl (C=O) groups excluding carboxylic acids is 3. The average Bonchev–Trinajstić information content (AvgIpc) is 2.95. The monoisotopic (exact) mass is 390 g/mol. The molecule has 1 aliphatic heterocycles. The van der Waals surface area contributed by atoms with Gasteiger partial charge in [-0.1, -0.05) is 31.9 Å². The van der Waals surface area contributed by atoms with E-state index in [0.717, 1.165) is 30.4 Å². The van der Waals surface area contributed by atoms with Crippen molar-refractivity contribution in [1.82, 2.24) is 5.32 Å². The lowest BCUT2D eigenvalue weighted by Gasteiger charge is -2.29. The molecule has 0 aromatic heterocycles. The second-order valence-electron chi connectivity index (χ2n) is 8.34. The largest absolute Gasteiger partial charge is 0.349 e. The van der Waals surface area contributed by atoms with Crippen LogP contribution in [0.25, 0.3) is 0 Å². The Kier molecular flexibility index (Phi) is 4.99. The summed E-state index contributed by atoms with van der Waals surface area (Å²) >= 11 is 0. The number of amides is 3. The molecule has 2 aromatic carbocycles. The highest BCUT2D eigenvalue weighted by Crippen LogP contribution is 2.32. The van der Waals surface area contributed by atoms with Gasteiger partial charge in [-0.3, -0.25) is 14.4 Å². The molecule has 29 heavy (non-hydrogen) atoms. The van der Waals surface area contributed by atoms with Crippen molar-refractivity contribution in [3.8, 4) is 0 Å². The lowest BCUT2D eigenvalue weighted by Crippen LogP contribution is -2.41. The van der Waals surface area contributed by atoms with Crippen LogP contribution in [-0.4, -0.2) is 23.8 Å². The lowest BCUT2D eigenvalue weighted by atomic mass is 9.86. The van der Waals surface area contributed by atoms with Crippen molar-refractivity contribution >= 4 is 23.4 Å². The Morgan fingerprint density at radius 2 is 1.69 bits per heavy atom. The van der Waals surface area contributed by atoms with Crippen LogP contribution in [0.5, 0.6) is 0 Å². The number of hydrogen-bond donors (Lipinski definition) is 1. The number of hydrogen-bond acceptors (Lipinski definition) is 3. The molecular formula is C24H26N2O3. The molecule has 5 nitrogen and oxygen atoms in total. The van der Waals surface area contributed by atoms with E-state index < -0.39 is 0 Å². The molecule has 0 bridgehead atoms. The summed E-state index contributed by atoms with van der Waals surface area (Å²) in [6.45, 7) is 5.97. The molecule has 4 rings (SSSR count). The van der Waals surface area contributed by atoms with Crippen LogP contribution in [0.2, 0.25) is 0 Å². The number of rotatable bonds is 3. The maximum Gasteiger partial charge on any atom is 0.266 e. The molecule has 1 aliphatic carbocycles. The van der Waals surface area contributed by atoms with E-state index in [2.05, 4.69) is 12.2 Å². The van der Waals surface area contributed by atoms with E-state index in [1.807, 2.05) is 32.0 Å². The molecule has 1 N–H and O–H groups in total. The number of carbonyl (C=O) groups is 3. The molecule has 1 heterocycles. The van der Waals surface area contributed by atoms with Gasteiger partial charge in [0, 0.05) is 11.6 Å². The fourth-order valence-electron chi connectivity index (χ4n) is 4.34. The number of fused-ring (bicyclic) bond motifs is 1. The van der Waals surface area contributed by atoms with Crippen molar-refractivity contribution in [2.24, 2.45) is 5.92 Å². The number of nitrogens with one attached hydrogen (secondary N) is 1. The van der Waals surface area contributed by atoms with Crippen molar-refractivity contribution < 1.29 is 14.4 Å². The van der Waals surface area contributed by atoms with E-state index in [0.29, 0.717) is 28.3 Å². The number of aryl methyl sites for hydroxylation is 2. The molecule has 5 heteroatoms. The van der Waals surface area contributed by atoms with Crippen molar-refractivity contribution in [3.05, 3.63) is 64.2 Å². The summed E-state index contributed by atoms with van der Waals surface area (Å²) in [5, 5.41) is 3.11. The molecule has 150 valence electrons. The minimum Gasteiger partial charge on any atom is -0.349 e. The second kappa shape index (κ2) is 7.47. The first-order valence-electron chi connectivity index (χ1n) is 10.3. The predicted molar refractivity (Wildman–Crippen MR) is 112 cm³/mol. The van der Waals surface area contributed by atoms with Crippen LogP contribution in [0.4, 0.5) is 5.69 Å². The van der Waals surface area contributed by atoms with Gasteiger partial charge in [0.15, 0.2) is 0 Å². The zero-order valence-corrected chi connectivity index (χ0v) is 17.1. The van der Waals surface area contributed by atoms with Gasteiger partial charge in [0.05, 0.1) is 16.8 Å². The first kappa shape index (κ1) is 19.4. The Morgan fingerprint density at radius 3 is 2.45 bits per heavy atom. The standard InChI is InChI=1S/C24H26N2O3/c1-14-8-9-16(3)21(12-14)26-23(28)18-11-10-17(13-19(18)24(26)29)22(27)25-20-7-5-4-6-15(20)2/h8-13,15,20H,4-7H2,1-3H3,(H,25,27)/t15-,20-/m1/s1. The van der Waals surface area contributed by atoms with Gasteiger partial charge < -0.3 is 5.32 Å². The molecule has 3 amide bonds. The van der Waals surface area contributed by atoms with E-state index in [4.69, 9.17) is 0 Å². The average molecular weight is 390 g/mol. The summed E-state index contributed by atoms with van der Waals surface area (Å²) < 4.78 is 0. The lowest BCUT2D eigenvalue weighted by molar-refractivity contribution is 0.0906. The highest BCUT2D eigenvalue weighted by atomic mass is 16.2. The maximum absolute atomic E-state index is 13.1. The van der Waals surface area contributed by atoms with Crippen LogP contribution >= 0.6 is 0 Å². The van der Waals surface area contributed by atoms with Crippen molar-refractivity contribution in [3.63, 3.8) is 0 Å². The van der Waals surface area contributed by atoms with Crippen LogP contribution in [0, 0.1) is 19.8 Å². The number of benzene rings is 2. The van der Waals surface area contributed by atoms with Gasteiger partial charge in [-0.25, -0.2) is 4.90 Å². The van der Waals surface area contributed by atoms with E-state index >= 15 is 0 Å². The third kappa shape index (κ3) is 3.46. The van der Waals surface area contributed by atoms with Gasteiger partial charge in [-0.2, -0.15) is 0 Å². The van der Waals surface area contributed by atoms with Crippen molar-refractivity contribution in [2.45, 2.75) is 52.5 Å². The SMILES string of the molecule is Cc1ccc(C)c(N2C(=O)c3ccc(C(=O)N[C@@H]4CCCC[C@H]4C)cc3C2=O)c1. The Labute approximate surface area is 171 Å². The smallest absolute Gasteiger partial charge is 0.266 e. The summed E-state index contributed by atoms with van der Waals surface area (Å²) in [6.07, 6.45) is 4.43. The summed E-state index contributed by atoms with van der Waals surface area (Å²) in [5.41, 5.74) is 3.49. The van der Waals surface area contributed by atoms with E-state index in [-0.39, 0.29) is 23.8 Å². The highest BCUT2D eigenvalue weighted by Gasteiger charge is 2.38. The molecule has 0 radical (unpaired) electrons. The Bertz CT molecular complexity index is 1010. The van der Waals surface area contributed by atoms with Crippen molar-refractivity contribution in [2.75, 3.05) is 4.90 Å². The van der Waals surface area contributed by atoms with Crippen LogP contribution in [0.15, 0.2) is 36.4 Å². The van der Waals surface area contributed by atoms with Crippen LogP contribution < -0.4 is 10.2 Å². The van der Waals surface area contributed by atoms with E-state index in [1.54, 1.807) is 18.2 Å². The van der Waals surface area contributed by atoms with E-state index in [9.17, 15) is 14.4 Å². The Morgan fingerprint density at radius 1 is 0.966 bits per heavy atom. The molecule has 2 aliphatic rings. The Balaban J connectivity index is 1.61. The minimum absolute atomic E-state index is 0.160. The molecule has 0 unspecified atom stereocenters. The highest BCUT2D eigenvalue weighted by molar-refractivity contribution is 6.35. The molecule has 0 saturated heterocycles. The van der Waals surface area contributed by atoms with Gasteiger partial charge in [0.25, 0.3) is 17.7 Å². The second-order valence-corrected chi connectivity index (χ2v) is 8.34. The number of nitrogens with zero attached hydrogens (tertiary/aromatic N) is 1. The van der Waals surface area contributed by atoms with Gasteiger partial charge in [-0.05, 0) is 68.0 Å². The van der Waals surface area contributed by atoms with Crippen molar-refractivity contribution in [1.29, 1.82) is 0 Å². The number of anilines is 1. The third-order valence-electron chi connectivity index (χ3n) is 6.18.